The molecule has 0 heterocycles. The fraction of sp³-hybridized carbons (Fsp3) is 0.600. The van der Waals surface area contributed by atoms with Crippen LogP contribution < -0.4 is 5.32 Å². The van der Waals surface area contributed by atoms with Gasteiger partial charge in [0.1, 0.15) is 11.6 Å². The summed E-state index contributed by atoms with van der Waals surface area (Å²) in [5, 5.41) is 3.40. The molecular formula is C15H23FNO3P. The number of rotatable bonds is 6. The van der Waals surface area contributed by atoms with Gasteiger partial charge in [-0.1, -0.05) is 31.4 Å². The average Bonchev–Trinajstić information content (AvgIpc) is 2.54. The van der Waals surface area contributed by atoms with Gasteiger partial charge in [-0.15, -0.1) is 0 Å². The zero-order valence-electron chi connectivity index (χ0n) is 12.5. The lowest BCUT2D eigenvalue weighted by atomic mass is 9.95. The van der Waals surface area contributed by atoms with E-state index in [1.807, 2.05) is 0 Å². The Morgan fingerprint density at radius 3 is 2.24 bits per heavy atom. The van der Waals surface area contributed by atoms with E-state index in [0.29, 0.717) is 5.56 Å². The lowest BCUT2D eigenvalue weighted by Gasteiger charge is -2.31. The van der Waals surface area contributed by atoms with E-state index in [4.69, 9.17) is 9.05 Å². The van der Waals surface area contributed by atoms with Gasteiger partial charge in [-0.3, -0.25) is 9.88 Å². The molecule has 2 rings (SSSR count). The molecule has 0 bridgehead atoms. The second-order valence-electron chi connectivity index (χ2n) is 5.36. The topological polar surface area (TPSA) is 47.6 Å². The van der Waals surface area contributed by atoms with Crippen molar-refractivity contribution in [2.24, 2.45) is 0 Å². The maximum absolute atomic E-state index is 13.1. The van der Waals surface area contributed by atoms with Gasteiger partial charge in [0, 0.05) is 20.3 Å². The van der Waals surface area contributed by atoms with Crippen LogP contribution in [0.25, 0.3) is 0 Å². The van der Waals surface area contributed by atoms with Gasteiger partial charge in [0.15, 0.2) is 0 Å². The molecular weight excluding hydrogens is 292 g/mol. The standard InChI is InChI=1S/C15H23FNO3P/c1-19-21(18,20-2)15(12-8-10-13(16)11-9-12)17-14-6-4-3-5-7-14/h8-11,14-15,17H,3-7H2,1-2H3. The molecule has 0 aliphatic heterocycles. The highest BCUT2D eigenvalue weighted by Gasteiger charge is 2.37. The van der Waals surface area contributed by atoms with E-state index in [0.717, 1.165) is 25.7 Å². The summed E-state index contributed by atoms with van der Waals surface area (Å²) in [6.45, 7) is 0. The normalized spacial score (nSPS) is 18.6. The molecule has 1 aromatic carbocycles. The molecule has 1 fully saturated rings. The van der Waals surface area contributed by atoms with Crippen molar-refractivity contribution in [3.63, 3.8) is 0 Å². The minimum Gasteiger partial charge on any atom is -0.311 e. The summed E-state index contributed by atoms with van der Waals surface area (Å²) in [6, 6.07) is 6.26. The highest BCUT2D eigenvalue weighted by Crippen LogP contribution is 2.58. The molecule has 0 radical (unpaired) electrons. The van der Waals surface area contributed by atoms with Crippen LogP contribution in [-0.4, -0.2) is 20.3 Å². The molecule has 1 aliphatic carbocycles. The summed E-state index contributed by atoms with van der Waals surface area (Å²) in [6.07, 6.45) is 5.66. The number of benzene rings is 1. The van der Waals surface area contributed by atoms with Crippen LogP contribution >= 0.6 is 7.60 Å². The Bertz CT molecular complexity index is 480. The van der Waals surface area contributed by atoms with Crippen molar-refractivity contribution in [3.8, 4) is 0 Å². The number of hydrogen-bond acceptors (Lipinski definition) is 4. The number of hydrogen-bond donors (Lipinski definition) is 1. The van der Waals surface area contributed by atoms with Gasteiger partial charge in [-0.25, -0.2) is 4.39 Å². The Balaban J connectivity index is 2.25. The van der Waals surface area contributed by atoms with Crippen LogP contribution in [0.2, 0.25) is 0 Å². The first-order valence-electron chi connectivity index (χ1n) is 7.32. The fourth-order valence-electron chi connectivity index (χ4n) is 2.79. The summed E-state index contributed by atoms with van der Waals surface area (Å²) in [4.78, 5) is 0. The average molecular weight is 315 g/mol. The molecule has 1 aliphatic rings. The molecule has 1 unspecified atom stereocenters. The zero-order chi connectivity index (χ0) is 15.3. The van der Waals surface area contributed by atoms with Crippen LogP contribution in [0.1, 0.15) is 43.5 Å². The molecule has 1 N–H and O–H groups in total. The number of nitrogens with one attached hydrogen (secondary N) is 1. The van der Waals surface area contributed by atoms with E-state index in [-0.39, 0.29) is 11.9 Å². The first kappa shape index (κ1) is 16.6. The summed E-state index contributed by atoms with van der Waals surface area (Å²) in [5.74, 6) is -0.893. The zero-order valence-corrected chi connectivity index (χ0v) is 13.4. The molecule has 0 amide bonds. The van der Waals surface area contributed by atoms with E-state index in [1.54, 1.807) is 12.1 Å². The molecule has 118 valence electrons. The summed E-state index contributed by atoms with van der Waals surface area (Å²) in [7, 11) is -0.572. The van der Waals surface area contributed by atoms with E-state index in [9.17, 15) is 8.96 Å². The van der Waals surface area contributed by atoms with Crippen molar-refractivity contribution in [3.05, 3.63) is 35.6 Å². The maximum Gasteiger partial charge on any atom is 0.351 e. The monoisotopic (exact) mass is 315 g/mol. The van der Waals surface area contributed by atoms with E-state index in [2.05, 4.69) is 5.32 Å². The Kier molecular flexibility index (Phi) is 5.94. The Morgan fingerprint density at radius 2 is 1.71 bits per heavy atom. The summed E-state index contributed by atoms with van der Waals surface area (Å²) in [5.41, 5.74) is 0.717. The van der Waals surface area contributed by atoms with E-state index in [1.165, 1.54) is 32.8 Å². The van der Waals surface area contributed by atoms with Crippen molar-refractivity contribution in [1.29, 1.82) is 0 Å². The van der Waals surface area contributed by atoms with Crippen molar-refractivity contribution in [2.75, 3.05) is 14.2 Å². The van der Waals surface area contributed by atoms with Crippen molar-refractivity contribution >= 4 is 7.60 Å². The lowest BCUT2D eigenvalue weighted by molar-refractivity contribution is 0.249. The van der Waals surface area contributed by atoms with Crippen LogP contribution in [0, 0.1) is 5.82 Å². The first-order chi connectivity index (χ1) is 10.1. The number of halogens is 1. The van der Waals surface area contributed by atoms with Gasteiger partial charge in [0.25, 0.3) is 0 Å². The molecule has 4 nitrogen and oxygen atoms in total. The van der Waals surface area contributed by atoms with Crippen LogP contribution in [0.15, 0.2) is 24.3 Å². The molecule has 21 heavy (non-hydrogen) atoms. The van der Waals surface area contributed by atoms with Gasteiger partial charge in [-0.05, 0) is 30.5 Å². The minimum atomic E-state index is -3.33. The Labute approximate surface area is 125 Å². The maximum atomic E-state index is 13.1. The second kappa shape index (κ2) is 7.50. The minimum absolute atomic E-state index is 0.285. The molecule has 0 saturated heterocycles. The quantitative estimate of drug-likeness (QED) is 0.798. The molecule has 1 saturated carbocycles. The third-order valence-corrected chi connectivity index (χ3v) is 6.11. The Hall–Kier alpha value is -0.740. The highest BCUT2D eigenvalue weighted by molar-refractivity contribution is 7.54. The van der Waals surface area contributed by atoms with Crippen molar-refractivity contribution in [1.82, 2.24) is 5.32 Å². The predicted molar refractivity (Wildman–Crippen MR) is 80.8 cm³/mol. The van der Waals surface area contributed by atoms with Gasteiger partial charge in [0.05, 0.1) is 0 Å². The smallest absolute Gasteiger partial charge is 0.311 e. The van der Waals surface area contributed by atoms with Crippen LogP contribution in [0.5, 0.6) is 0 Å². The molecule has 0 spiro atoms. The highest BCUT2D eigenvalue weighted by atomic mass is 31.2. The second-order valence-corrected chi connectivity index (χ2v) is 7.69. The molecule has 1 atom stereocenters. The Morgan fingerprint density at radius 1 is 1.14 bits per heavy atom. The van der Waals surface area contributed by atoms with Crippen molar-refractivity contribution in [2.45, 2.75) is 43.9 Å². The largest absolute Gasteiger partial charge is 0.351 e. The third kappa shape index (κ3) is 4.13. The summed E-state index contributed by atoms with van der Waals surface area (Å²) >= 11 is 0. The van der Waals surface area contributed by atoms with Crippen molar-refractivity contribution < 1.29 is 18.0 Å². The van der Waals surface area contributed by atoms with Gasteiger partial charge in [-0.2, -0.15) is 0 Å². The van der Waals surface area contributed by atoms with Crippen LogP contribution in [0.4, 0.5) is 4.39 Å². The van der Waals surface area contributed by atoms with Crippen LogP contribution in [0.3, 0.4) is 0 Å². The van der Waals surface area contributed by atoms with Gasteiger partial charge < -0.3 is 9.05 Å². The molecule has 1 aromatic rings. The fourth-order valence-corrected chi connectivity index (χ4v) is 4.29. The predicted octanol–water partition coefficient (Wildman–Crippen LogP) is 4.23. The SMILES string of the molecule is COP(=O)(OC)C(NC1CCCCC1)c1ccc(F)cc1. The van der Waals surface area contributed by atoms with E-state index < -0.39 is 13.4 Å². The lowest BCUT2D eigenvalue weighted by Crippen LogP contribution is -2.34. The molecule has 6 heteroatoms. The first-order valence-corrected chi connectivity index (χ1v) is 8.93. The van der Waals surface area contributed by atoms with Gasteiger partial charge in [0.2, 0.25) is 0 Å². The third-order valence-electron chi connectivity index (χ3n) is 4.01. The van der Waals surface area contributed by atoms with Gasteiger partial charge >= 0.3 is 7.60 Å². The van der Waals surface area contributed by atoms with Crippen LogP contribution in [-0.2, 0) is 13.6 Å². The summed E-state index contributed by atoms with van der Waals surface area (Å²) < 4.78 is 36.2. The van der Waals surface area contributed by atoms with E-state index >= 15 is 0 Å². The molecule has 0 aromatic heterocycles.